The van der Waals surface area contributed by atoms with E-state index in [0.717, 1.165) is 31.6 Å². The van der Waals surface area contributed by atoms with Gasteiger partial charge < -0.3 is 24.7 Å². The summed E-state index contributed by atoms with van der Waals surface area (Å²) >= 11 is 0. The number of carbonyl (C=O) groups is 2. The van der Waals surface area contributed by atoms with Crippen LogP contribution in [0.15, 0.2) is 36.5 Å². The molecule has 0 aliphatic carbocycles. The molecule has 2 amide bonds. The summed E-state index contributed by atoms with van der Waals surface area (Å²) in [5.74, 6) is -0.415. The Labute approximate surface area is 183 Å². The number of ether oxygens (including phenoxy) is 2. The average Bonchev–Trinajstić information content (AvgIpc) is 3.02. The SMILES string of the molecule is COc1ccc(OC)c(NC(=O)C(=O)NC[C@H](c2cccn2C)N2CCCCCC2)c1. The zero-order chi connectivity index (χ0) is 22.2. The molecule has 3 rings (SSSR count). The molecule has 0 radical (unpaired) electrons. The molecule has 1 fully saturated rings. The van der Waals surface area contributed by atoms with Crippen molar-refractivity contribution in [1.82, 2.24) is 14.8 Å². The maximum atomic E-state index is 12.6. The molecule has 1 atom stereocenters. The van der Waals surface area contributed by atoms with Crippen LogP contribution in [0.2, 0.25) is 0 Å². The summed E-state index contributed by atoms with van der Waals surface area (Å²) in [4.78, 5) is 27.5. The molecule has 8 heteroatoms. The summed E-state index contributed by atoms with van der Waals surface area (Å²) in [7, 11) is 5.04. The second-order valence-electron chi connectivity index (χ2n) is 7.74. The van der Waals surface area contributed by atoms with Gasteiger partial charge in [0.15, 0.2) is 0 Å². The molecule has 31 heavy (non-hydrogen) atoms. The maximum absolute atomic E-state index is 12.6. The molecule has 0 bridgehead atoms. The second kappa shape index (κ2) is 10.9. The van der Waals surface area contributed by atoms with E-state index in [9.17, 15) is 9.59 Å². The molecule has 1 aromatic carbocycles. The predicted octanol–water partition coefficient (Wildman–Crippen LogP) is 2.71. The third-order valence-corrected chi connectivity index (χ3v) is 5.72. The molecular formula is C23H32N4O4. The first-order chi connectivity index (χ1) is 15.0. The molecule has 0 saturated carbocycles. The lowest BCUT2D eigenvalue weighted by atomic mass is 10.1. The highest BCUT2D eigenvalue weighted by molar-refractivity contribution is 6.39. The molecule has 1 aliphatic heterocycles. The second-order valence-corrected chi connectivity index (χ2v) is 7.74. The first-order valence-corrected chi connectivity index (χ1v) is 10.7. The molecule has 2 heterocycles. The highest BCUT2D eigenvalue weighted by Gasteiger charge is 2.25. The largest absolute Gasteiger partial charge is 0.497 e. The van der Waals surface area contributed by atoms with Gasteiger partial charge in [-0.05, 0) is 50.2 Å². The Kier molecular flexibility index (Phi) is 7.94. The van der Waals surface area contributed by atoms with Crippen molar-refractivity contribution >= 4 is 17.5 Å². The van der Waals surface area contributed by atoms with Gasteiger partial charge in [0.05, 0.1) is 25.9 Å². The van der Waals surface area contributed by atoms with Gasteiger partial charge in [0.25, 0.3) is 0 Å². The Morgan fingerprint density at radius 3 is 2.39 bits per heavy atom. The first-order valence-electron chi connectivity index (χ1n) is 10.7. The number of anilines is 1. The lowest BCUT2D eigenvalue weighted by molar-refractivity contribution is -0.136. The quantitative estimate of drug-likeness (QED) is 0.663. The van der Waals surface area contributed by atoms with Gasteiger partial charge in [0, 0.05) is 31.5 Å². The van der Waals surface area contributed by atoms with E-state index in [1.54, 1.807) is 18.2 Å². The Bertz CT molecular complexity index is 887. The molecule has 1 aliphatic rings. The lowest BCUT2D eigenvalue weighted by Crippen LogP contribution is -2.43. The van der Waals surface area contributed by atoms with Crippen LogP contribution in [-0.2, 0) is 16.6 Å². The van der Waals surface area contributed by atoms with Gasteiger partial charge >= 0.3 is 11.8 Å². The van der Waals surface area contributed by atoms with E-state index in [1.165, 1.54) is 27.1 Å². The van der Waals surface area contributed by atoms with Gasteiger partial charge in [-0.3, -0.25) is 14.5 Å². The van der Waals surface area contributed by atoms with Crippen LogP contribution in [0.3, 0.4) is 0 Å². The van der Waals surface area contributed by atoms with Crippen LogP contribution in [0.4, 0.5) is 5.69 Å². The summed E-state index contributed by atoms with van der Waals surface area (Å²) in [5, 5.41) is 5.44. The lowest BCUT2D eigenvalue weighted by Gasteiger charge is -2.31. The van der Waals surface area contributed by atoms with Crippen molar-refractivity contribution in [2.75, 3.05) is 39.2 Å². The summed E-state index contributed by atoms with van der Waals surface area (Å²) in [6, 6.07) is 9.11. The van der Waals surface area contributed by atoms with Crippen molar-refractivity contribution < 1.29 is 19.1 Å². The van der Waals surface area contributed by atoms with Crippen LogP contribution in [0.5, 0.6) is 11.5 Å². The number of nitrogens with one attached hydrogen (secondary N) is 2. The number of rotatable bonds is 7. The third-order valence-electron chi connectivity index (χ3n) is 5.72. The Morgan fingerprint density at radius 1 is 1.03 bits per heavy atom. The highest BCUT2D eigenvalue weighted by atomic mass is 16.5. The molecule has 0 spiro atoms. The van der Waals surface area contributed by atoms with Crippen LogP contribution in [-0.4, -0.2) is 55.1 Å². The predicted molar refractivity (Wildman–Crippen MR) is 119 cm³/mol. The topological polar surface area (TPSA) is 84.8 Å². The average molecular weight is 429 g/mol. The minimum absolute atomic E-state index is 0.0150. The van der Waals surface area contributed by atoms with Gasteiger partial charge in [-0.2, -0.15) is 0 Å². The van der Waals surface area contributed by atoms with Gasteiger partial charge in [-0.15, -0.1) is 0 Å². The number of aryl methyl sites for hydroxylation is 1. The molecule has 1 aromatic heterocycles. The van der Waals surface area contributed by atoms with Crippen molar-refractivity contribution in [3.05, 3.63) is 42.2 Å². The van der Waals surface area contributed by atoms with E-state index in [1.807, 2.05) is 19.3 Å². The molecule has 0 unspecified atom stereocenters. The van der Waals surface area contributed by atoms with Crippen molar-refractivity contribution in [2.24, 2.45) is 7.05 Å². The van der Waals surface area contributed by atoms with Crippen LogP contribution in [0.25, 0.3) is 0 Å². The summed E-state index contributed by atoms with van der Waals surface area (Å²) in [5.41, 5.74) is 1.51. The smallest absolute Gasteiger partial charge is 0.313 e. The van der Waals surface area contributed by atoms with Crippen molar-refractivity contribution in [2.45, 2.75) is 31.7 Å². The number of methoxy groups -OCH3 is 2. The normalized spacial score (nSPS) is 15.6. The monoisotopic (exact) mass is 428 g/mol. The van der Waals surface area contributed by atoms with Crippen LogP contribution in [0, 0.1) is 0 Å². The van der Waals surface area contributed by atoms with E-state index in [4.69, 9.17) is 9.47 Å². The fraction of sp³-hybridized carbons (Fsp3) is 0.478. The van der Waals surface area contributed by atoms with E-state index < -0.39 is 11.8 Å². The number of hydrogen-bond acceptors (Lipinski definition) is 5. The van der Waals surface area contributed by atoms with Crippen molar-refractivity contribution in [3.8, 4) is 11.5 Å². The molecule has 1 saturated heterocycles. The molecule has 2 aromatic rings. The van der Waals surface area contributed by atoms with E-state index >= 15 is 0 Å². The molecule has 168 valence electrons. The van der Waals surface area contributed by atoms with Gasteiger partial charge in [0.1, 0.15) is 11.5 Å². The third kappa shape index (κ3) is 5.79. The van der Waals surface area contributed by atoms with Crippen LogP contribution in [0.1, 0.15) is 37.4 Å². The zero-order valence-corrected chi connectivity index (χ0v) is 18.5. The summed E-state index contributed by atoms with van der Waals surface area (Å²) in [6.07, 6.45) is 6.75. The van der Waals surface area contributed by atoms with Crippen molar-refractivity contribution in [3.63, 3.8) is 0 Å². The van der Waals surface area contributed by atoms with Crippen LogP contribution < -0.4 is 20.1 Å². The van der Waals surface area contributed by atoms with E-state index in [0.29, 0.717) is 23.7 Å². The standard InChI is InChI=1S/C23H32N4O4/c1-26-12-8-9-19(26)20(27-13-6-4-5-7-14-27)16-24-22(28)23(29)25-18-15-17(30-2)10-11-21(18)31-3/h8-12,15,20H,4-7,13-14,16H2,1-3H3,(H,24,28)(H,25,29)/t20-/m1/s1. The van der Waals surface area contributed by atoms with Gasteiger partial charge in [-0.25, -0.2) is 0 Å². The van der Waals surface area contributed by atoms with E-state index in [-0.39, 0.29) is 6.04 Å². The molecule has 2 N–H and O–H groups in total. The van der Waals surface area contributed by atoms with Gasteiger partial charge in [-0.1, -0.05) is 12.8 Å². The molecular weight excluding hydrogens is 396 g/mol. The minimum Gasteiger partial charge on any atom is -0.497 e. The number of likely N-dealkylation sites (tertiary alicyclic amines) is 1. The zero-order valence-electron chi connectivity index (χ0n) is 18.5. The summed E-state index contributed by atoms with van der Waals surface area (Å²) < 4.78 is 12.5. The Hall–Kier alpha value is -3.00. The minimum atomic E-state index is -0.743. The van der Waals surface area contributed by atoms with Crippen molar-refractivity contribution in [1.29, 1.82) is 0 Å². The van der Waals surface area contributed by atoms with Crippen LogP contribution >= 0.6 is 0 Å². The van der Waals surface area contributed by atoms with Gasteiger partial charge in [0.2, 0.25) is 0 Å². The fourth-order valence-electron chi connectivity index (χ4n) is 4.01. The highest BCUT2D eigenvalue weighted by Crippen LogP contribution is 2.29. The Morgan fingerprint density at radius 2 is 1.77 bits per heavy atom. The number of hydrogen-bond donors (Lipinski definition) is 2. The number of nitrogens with zero attached hydrogens (tertiary/aromatic N) is 2. The maximum Gasteiger partial charge on any atom is 0.313 e. The van der Waals surface area contributed by atoms with E-state index in [2.05, 4.69) is 26.2 Å². The first kappa shape index (κ1) is 22.7. The Balaban J connectivity index is 1.68. The summed E-state index contributed by atoms with van der Waals surface area (Å²) in [6.45, 7) is 2.33. The molecule has 8 nitrogen and oxygen atoms in total. The number of carbonyl (C=O) groups excluding carboxylic acids is 2. The number of aromatic nitrogens is 1. The fourth-order valence-corrected chi connectivity index (χ4v) is 4.01. The number of benzene rings is 1. The number of amides is 2.